The van der Waals surface area contributed by atoms with E-state index in [0.717, 1.165) is 10.6 Å². The van der Waals surface area contributed by atoms with Crippen molar-refractivity contribution in [1.82, 2.24) is 9.55 Å². The number of fused-ring (bicyclic) bond motifs is 1. The molecule has 0 saturated heterocycles. The van der Waals surface area contributed by atoms with E-state index in [1.54, 1.807) is 48.5 Å². The first-order valence-corrected chi connectivity index (χ1v) is 8.09. The van der Waals surface area contributed by atoms with Crippen LogP contribution in [0.25, 0.3) is 11.3 Å². The van der Waals surface area contributed by atoms with E-state index in [1.807, 2.05) is 0 Å². The molecule has 3 aromatic rings. The first kappa shape index (κ1) is 16.5. The summed E-state index contributed by atoms with van der Waals surface area (Å²) in [7, 11) is 0. The van der Waals surface area contributed by atoms with Crippen molar-refractivity contribution < 1.29 is 9.59 Å². The van der Waals surface area contributed by atoms with Crippen molar-refractivity contribution in [3.8, 4) is 5.69 Å². The van der Waals surface area contributed by atoms with Crippen molar-refractivity contribution >= 4 is 23.0 Å². The number of hydrogen-bond acceptors (Lipinski definition) is 5. The highest BCUT2D eigenvalue weighted by Gasteiger charge is 2.29. The maximum absolute atomic E-state index is 12.6. The van der Waals surface area contributed by atoms with Crippen molar-refractivity contribution in [2.75, 3.05) is 5.73 Å². The zero-order chi connectivity index (χ0) is 19.1. The number of benzene rings is 2. The molecule has 0 radical (unpaired) electrons. The fourth-order valence-electron chi connectivity index (χ4n) is 3.18. The Morgan fingerprint density at radius 1 is 0.815 bits per heavy atom. The molecule has 4 rings (SSSR count). The van der Waals surface area contributed by atoms with Crippen LogP contribution in [0.15, 0.2) is 70.3 Å². The number of ketones is 2. The first-order chi connectivity index (χ1) is 13.0. The smallest absolute Gasteiger partial charge is 0.334 e. The van der Waals surface area contributed by atoms with Crippen LogP contribution in [0.3, 0.4) is 0 Å². The van der Waals surface area contributed by atoms with Crippen LogP contribution in [-0.4, -0.2) is 21.1 Å². The molecule has 1 aliphatic carbocycles. The fourth-order valence-corrected chi connectivity index (χ4v) is 3.18. The standard InChI is InChI=1S/C20H13N3O4/c21-18-16(14-10-15(24)17(25)13-9-5-4-8-12(13)14)19(26)22-20(27)23(18)11-6-2-1-3-7-11/h1-10H,21H2,(H,22,26,27). The van der Waals surface area contributed by atoms with Gasteiger partial charge in [-0.25, -0.2) is 9.36 Å². The number of H-pyrrole nitrogens is 1. The van der Waals surface area contributed by atoms with Crippen LogP contribution in [0.1, 0.15) is 21.5 Å². The molecule has 0 atom stereocenters. The Hall–Kier alpha value is -4.00. The summed E-state index contributed by atoms with van der Waals surface area (Å²) in [5, 5.41) is 0. The zero-order valence-corrected chi connectivity index (χ0v) is 13.9. The second-order valence-electron chi connectivity index (χ2n) is 5.99. The van der Waals surface area contributed by atoms with Crippen LogP contribution in [0.2, 0.25) is 0 Å². The molecule has 0 unspecified atom stereocenters. The highest BCUT2D eigenvalue weighted by atomic mass is 16.2. The van der Waals surface area contributed by atoms with Gasteiger partial charge in [-0.3, -0.25) is 19.4 Å². The van der Waals surface area contributed by atoms with E-state index >= 15 is 0 Å². The maximum atomic E-state index is 12.6. The van der Waals surface area contributed by atoms with Gasteiger partial charge in [-0.2, -0.15) is 0 Å². The molecule has 0 bridgehead atoms. The van der Waals surface area contributed by atoms with Gasteiger partial charge in [-0.05, 0) is 23.8 Å². The van der Waals surface area contributed by atoms with Gasteiger partial charge in [0.05, 0.1) is 11.3 Å². The lowest BCUT2D eigenvalue weighted by Crippen LogP contribution is -2.34. The minimum absolute atomic E-state index is 0.0354. The molecule has 0 spiro atoms. The van der Waals surface area contributed by atoms with Crippen LogP contribution < -0.4 is 17.0 Å². The topological polar surface area (TPSA) is 115 Å². The summed E-state index contributed by atoms with van der Waals surface area (Å²) in [6, 6.07) is 15.0. The number of aromatic nitrogens is 2. The largest absolute Gasteiger partial charge is 0.384 e. The Balaban J connectivity index is 2.05. The van der Waals surface area contributed by atoms with Crippen molar-refractivity contribution in [1.29, 1.82) is 0 Å². The van der Waals surface area contributed by atoms with Crippen molar-refractivity contribution in [3.05, 3.63) is 98.2 Å². The van der Waals surface area contributed by atoms with Crippen LogP contribution in [-0.2, 0) is 4.79 Å². The number of carbonyl (C=O) groups is 2. The molecule has 0 amide bonds. The fraction of sp³-hybridized carbons (Fsp3) is 0. The first-order valence-electron chi connectivity index (χ1n) is 8.09. The number of para-hydroxylation sites is 1. The van der Waals surface area contributed by atoms with Gasteiger partial charge >= 0.3 is 5.69 Å². The molecule has 3 N–H and O–H groups in total. The van der Waals surface area contributed by atoms with Gasteiger partial charge in [0, 0.05) is 11.1 Å². The van der Waals surface area contributed by atoms with Gasteiger partial charge in [0.1, 0.15) is 5.82 Å². The van der Waals surface area contributed by atoms with E-state index in [0.29, 0.717) is 11.3 Å². The van der Waals surface area contributed by atoms with Crippen molar-refractivity contribution in [2.45, 2.75) is 0 Å². The quantitative estimate of drug-likeness (QED) is 0.669. The summed E-state index contributed by atoms with van der Waals surface area (Å²) in [4.78, 5) is 51.4. The third-order valence-electron chi connectivity index (χ3n) is 4.39. The Morgan fingerprint density at radius 2 is 1.44 bits per heavy atom. The number of aromatic amines is 1. The van der Waals surface area contributed by atoms with Gasteiger partial charge < -0.3 is 5.73 Å². The molecule has 132 valence electrons. The van der Waals surface area contributed by atoms with E-state index < -0.39 is 22.8 Å². The van der Waals surface area contributed by atoms with Gasteiger partial charge in [-0.1, -0.05) is 42.5 Å². The Morgan fingerprint density at radius 3 is 2.15 bits per heavy atom. The Bertz CT molecular complexity index is 1250. The predicted molar refractivity (Wildman–Crippen MR) is 99.9 cm³/mol. The summed E-state index contributed by atoms with van der Waals surface area (Å²) in [5.74, 6) is -1.51. The highest BCUT2D eigenvalue weighted by molar-refractivity contribution is 6.51. The minimum atomic E-state index is -0.750. The summed E-state index contributed by atoms with van der Waals surface area (Å²) in [5.41, 5.74) is 6.01. The third kappa shape index (κ3) is 2.53. The lowest BCUT2D eigenvalue weighted by molar-refractivity contribution is -0.111. The molecule has 0 saturated carbocycles. The lowest BCUT2D eigenvalue weighted by Gasteiger charge is -2.19. The van der Waals surface area contributed by atoms with E-state index in [-0.39, 0.29) is 22.5 Å². The van der Waals surface area contributed by atoms with Gasteiger partial charge in [0.15, 0.2) is 0 Å². The lowest BCUT2D eigenvalue weighted by atomic mass is 9.86. The van der Waals surface area contributed by atoms with E-state index in [1.165, 1.54) is 6.07 Å². The second-order valence-corrected chi connectivity index (χ2v) is 5.99. The zero-order valence-electron chi connectivity index (χ0n) is 13.9. The Labute approximate surface area is 152 Å². The van der Waals surface area contributed by atoms with Crippen molar-refractivity contribution in [2.24, 2.45) is 0 Å². The molecule has 2 aromatic carbocycles. The van der Waals surface area contributed by atoms with E-state index in [9.17, 15) is 19.2 Å². The molecule has 1 aliphatic rings. The Kier molecular flexibility index (Phi) is 3.70. The van der Waals surface area contributed by atoms with E-state index in [2.05, 4.69) is 4.98 Å². The van der Waals surface area contributed by atoms with Crippen LogP contribution in [0.4, 0.5) is 5.82 Å². The molecule has 1 aromatic heterocycles. The van der Waals surface area contributed by atoms with Crippen molar-refractivity contribution in [3.63, 3.8) is 0 Å². The SMILES string of the molecule is Nc1c(C2=CC(=O)C(=O)c3ccccc32)c(=O)[nH]c(=O)n1-c1ccccc1. The number of hydrogen-bond donors (Lipinski definition) is 2. The van der Waals surface area contributed by atoms with Gasteiger partial charge in [0.25, 0.3) is 5.56 Å². The van der Waals surface area contributed by atoms with Crippen LogP contribution >= 0.6 is 0 Å². The maximum Gasteiger partial charge on any atom is 0.334 e. The number of nitrogen functional groups attached to an aromatic ring is 1. The molecule has 1 heterocycles. The number of nitrogens with one attached hydrogen (secondary N) is 1. The van der Waals surface area contributed by atoms with E-state index in [4.69, 9.17) is 5.73 Å². The van der Waals surface area contributed by atoms with Gasteiger partial charge in [-0.15, -0.1) is 0 Å². The van der Waals surface area contributed by atoms with Crippen LogP contribution in [0.5, 0.6) is 0 Å². The third-order valence-corrected chi connectivity index (χ3v) is 4.39. The number of anilines is 1. The number of Topliss-reactive ketones (excluding diaryl/α,β-unsaturated/α-hetero) is 1. The minimum Gasteiger partial charge on any atom is -0.384 e. The second kappa shape index (κ2) is 6.06. The van der Waals surface area contributed by atoms with Crippen LogP contribution in [0, 0.1) is 0 Å². The number of allylic oxidation sites excluding steroid dienone is 1. The molecule has 7 heteroatoms. The summed E-state index contributed by atoms with van der Waals surface area (Å²) in [6.45, 7) is 0. The average Bonchev–Trinajstić information content (AvgIpc) is 2.66. The summed E-state index contributed by atoms with van der Waals surface area (Å²) < 4.78 is 1.15. The molecular formula is C20H13N3O4. The number of carbonyl (C=O) groups excluding carboxylic acids is 2. The summed E-state index contributed by atoms with van der Waals surface area (Å²) >= 11 is 0. The monoisotopic (exact) mass is 359 g/mol. The number of nitrogens with zero attached hydrogens (tertiary/aromatic N) is 1. The van der Waals surface area contributed by atoms with Gasteiger partial charge in [0.2, 0.25) is 11.6 Å². The predicted octanol–water partition coefficient (Wildman–Crippen LogP) is 1.31. The normalized spacial score (nSPS) is 13.3. The highest BCUT2D eigenvalue weighted by Crippen LogP contribution is 2.31. The molecular weight excluding hydrogens is 346 g/mol. The number of rotatable bonds is 2. The molecule has 0 aliphatic heterocycles. The average molecular weight is 359 g/mol. The number of nitrogens with two attached hydrogens (primary N) is 1. The molecule has 0 fully saturated rings. The molecule has 27 heavy (non-hydrogen) atoms. The molecule has 7 nitrogen and oxygen atoms in total. The summed E-state index contributed by atoms with van der Waals surface area (Å²) in [6.07, 6.45) is 1.09.